The van der Waals surface area contributed by atoms with E-state index in [0.717, 1.165) is 23.5 Å². The summed E-state index contributed by atoms with van der Waals surface area (Å²) in [5, 5.41) is 1.31. The van der Waals surface area contributed by atoms with Crippen molar-refractivity contribution in [3.05, 3.63) is 40.9 Å². The van der Waals surface area contributed by atoms with E-state index in [2.05, 4.69) is 4.98 Å². The number of carbonyl (C=O) groups excluding carboxylic acids is 1. The molecule has 1 aromatic heterocycles. The second-order valence-electron chi connectivity index (χ2n) is 3.77. The lowest BCUT2D eigenvalue weighted by Crippen LogP contribution is -2.14. The molecule has 9 heteroatoms. The number of anilines is 1. The number of hydrogen-bond acceptors (Lipinski definition) is 5. The van der Waals surface area contributed by atoms with Crippen molar-refractivity contribution >= 4 is 32.3 Å². The highest BCUT2D eigenvalue weighted by Crippen LogP contribution is 2.22. The summed E-state index contributed by atoms with van der Waals surface area (Å²) in [4.78, 5) is 14.1. The zero-order valence-corrected chi connectivity index (χ0v) is 11.7. The van der Waals surface area contributed by atoms with Gasteiger partial charge in [0.2, 0.25) is 0 Å². The Hall–Kier alpha value is -1.87. The summed E-state index contributed by atoms with van der Waals surface area (Å²) in [6.45, 7) is 1.28. The summed E-state index contributed by atoms with van der Waals surface area (Å²) in [5.74, 6) is -2.41. The third kappa shape index (κ3) is 2.99. The lowest BCUT2D eigenvalue weighted by Gasteiger charge is -2.06. The first-order valence-corrected chi connectivity index (χ1v) is 7.60. The molecule has 0 amide bonds. The molecule has 1 heterocycles. The topological polar surface area (TPSA) is 76.1 Å². The summed E-state index contributed by atoms with van der Waals surface area (Å²) in [7, 11) is -4.23. The van der Waals surface area contributed by atoms with Crippen LogP contribution in [-0.4, -0.2) is 19.2 Å². The number of hydrogen-bond donors (Lipinski definition) is 1. The van der Waals surface area contributed by atoms with Crippen molar-refractivity contribution in [2.45, 2.75) is 11.8 Å². The zero-order valence-electron chi connectivity index (χ0n) is 10.1. The Morgan fingerprint density at radius 3 is 2.60 bits per heavy atom. The number of thiazole rings is 1. The van der Waals surface area contributed by atoms with Crippen molar-refractivity contribution in [3.63, 3.8) is 0 Å². The Kier molecular flexibility index (Phi) is 3.82. The van der Waals surface area contributed by atoms with Crippen LogP contribution < -0.4 is 4.72 Å². The van der Waals surface area contributed by atoms with E-state index in [9.17, 15) is 22.0 Å². The lowest BCUT2D eigenvalue weighted by molar-refractivity contribution is 0.101. The molecule has 0 aliphatic heterocycles. The van der Waals surface area contributed by atoms with Crippen molar-refractivity contribution in [2.24, 2.45) is 0 Å². The van der Waals surface area contributed by atoms with Crippen LogP contribution in [-0.2, 0) is 10.0 Å². The Labute approximate surface area is 117 Å². The summed E-state index contributed by atoms with van der Waals surface area (Å²) >= 11 is 0.890. The average molecular weight is 318 g/mol. The van der Waals surface area contributed by atoms with Gasteiger partial charge in [-0.25, -0.2) is 22.2 Å². The van der Waals surface area contributed by atoms with E-state index in [4.69, 9.17) is 0 Å². The predicted octanol–water partition coefficient (Wildman–Crippen LogP) is 2.42. The number of nitrogens with one attached hydrogen (secondary N) is 1. The first-order valence-electron chi connectivity index (χ1n) is 5.24. The number of Topliss-reactive ketones (excluding diaryl/α,β-unsaturated/α-hetero) is 1. The van der Waals surface area contributed by atoms with Gasteiger partial charge in [-0.15, -0.1) is 11.3 Å². The number of carbonyl (C=O) groups is 1. The van der Waals surface area contributed by atoms with Gasteiger partial charge in [-0.1, -0.05) is 0 Å². The molecule has 0 atom stereocenters. The Bertz CT molecular complexity index is 772. The fourth-order valence-electron chi connectivity index (χ4n) is 1.35. The van der Waals surface area contributed by atoms with Crippen molar-refractivity contribution in [2.75, 3.05) is 4.72 Å². The molecule has 0 bridgehead atoms. The van der Waals surface area contributed by atoms with Gasteiger partial charge in [0.05, 0.1) is 0 Å². The molecule has 0 fully saturated rings. The lowest BCUT2D eigenvalue weighted by atomic mass is 10.3. The number of halogens is 2. The minimum Gasteiger partial charge on any atom is -0.293 e. The molecule has 0 spiro atoms. The van der Waals surface area contributed by atoms with Crippen LogP contribution in [0.15, 0.2) is 28.5 Å². The fourth-order valence-corrected chi connectivity index (χ4v) is 3.41. The third-order valence-electron chi connectivity index (χ3n) is 2.27. The maximum atomic E-state index is 13.5. The van der Waals surface area contributed by atoms with E-state index in [1.165, 1.54) is 12.3 Å². The van der Waals surface area contributed by atoms with E-state index in [0.29, 0.717) is 6.07 Å². The van der Waals surface area contributed by atoms with Gasteiger partial charge >= 0.3 is 0 Å². The number of rotatable bonds is 4. The van der Waals surface area contributed by atoms with Gasteiger partial charge in [-0.2, -0.15) is 0 Å². The maximum absolute atomic E-state index is 13.5. The first-order chi connectivity index (χ1) is 9.29. The van der Waals surface area contributed by atoms with E-state index in [1.54, 1.807) is 0 Å². The molecule has 1 N–H and O–H groups in total. The highest BCUT2D eigenvalue weighted by Gasteiger charge is 2.21. The molecular formula is C11H8F2N2O3S2. The summed E-state index contributed by atoms with van der Waals surface area (Å²) in [6.07, 6.45) is 0. The normalized spacial score (nSPS) is 11.3. The van der Waals surface area contributed by atoms with Crippen molar-refractivity contribution < 1.29 is 22.0 Å². The third-order valence-corrected chi connectivity index (χ3v) is 4.53. The summed E-state index contributed by atoms with van der Waals surface area (Å²) in [6, 6.07) is 2.12. The van der Waals surface area contributed by atoms with Crippen LogP contribution in [0.3, 0.4) is 0 Å². The molecule has 5 nitrogen and oxygen atoms in total. The molecule has 0 saturated carbocycles. The molecule has 106 valence electrons. The van der Waals surface area contributed by atoms with E-state index >= 15 is 0 Å². The molecule has 2 aromatic rings. The standard InChI is InChI=1S/C11H8F2N2O3S2/c1-6(16)9-5-19-11(14-9)15-20(17,18)10-3-2-7(12)4-8(10)13/h2-5H,1H3,(H,14,15). The van der Waals surface area contributed by atoms with Gasteiger partial charge in [-0.3, -0.25) is 9.52 Å². The van der Waals surface area contributed by atoms with Crippen molar-refractivity contribution in [3.8, 4) is 0 Å². The molecule has 0 unspecified atom stereocenters. The monoisotopic (exact) mass is 318 g/mol. The van der Waals surface area contributed by atoms with Gasteiger partial charge in [0.25, 0.3) is 10.0 Å². The van der Waals surface area contributed by atoms with Crippen LogP contribution in [0.4, 0.5) is 13.9 Å². The second kappa shape index (κ2) is 5.25. The summed E-state index contributed by atoms with van der Waals surface area (Å²) in [5.41, 5.74) is 0.104. The van der Waals surface area contributed by atoms with E-state index in [-0.39, 0.29) is 16.6 Å². The Morgan fingerprint density at radius 1 is 1.35 bits per heavy atom. The number of ketones is 1. The maximum Gasteiger partial charge on any atom is 0.266 e. The molecule has 0 aliphatic carbocycles. The van der Waals surface area contributed by atoms with Crippen LogP contribution >= 0.6 is 11.3 Å². The average Bonchev–Trinajstić information content (AvgIpc) is 2.76. The van der Waals surface area contributed by atoms with Crippen LogP contribution in [0, 0.1) is 11.6 Å². The smallest absolute Gasteiger partial charge is 0.266 e. The predicted molar refractivity (Wildman–Crippen MR) is 69.3 cm³/mol. The number of aromatic nitrogens is 1. The first kappa shape index (κ1) is 14.5. The minimum atomic E-state index is -4.23. The van der Waals surface area contributed by atoms with E-state index in [1.807, 2.05) is 4.72 Å². The molecule has 0 radical (unpaired) electrons. The largest absolute Gasteiger partial charge is 0.293 e. The van der Waals surface area contributed by atoms with Crippen LogP contribution in [0.25, 0.3) is 0 Å². The second-order valence-corrected chi connectivity index (χ2v) is 6.28. The number of sulfonamides is 1. The molecule has 1 aromatic carbocycles. The number of nitrogens with zero attached hydrogens (tertiary/aromatic N) is 1. The van der Waals surface area contributed by atoms with Crippen molar-refractivity contribution in [1.29, 1.82) is 0 Å². The Morgan fingerprint density at radius 2 is 2.05 bits per heavy atom. The van der Waals surface area contributed by atoms with Gasteiger partial charge < -0.3 is 0 Å². The molecule has 20 heavy (non-hydrogen) atoms. The number of benzene rings is 1. The molecular weight excluding hydrogens is 310 g/mol. The fraction of sp³-hybridized carbons (Fsp3) is 0.0909. The van der Waals surface area contributed by atoms with Crippen LogP contribution in [0.1, 0.15) is 17.4 Å². The molecule has 0 saturated heterocycles. The van der Waals surface area contributed by atoms with Gasteiger partial charge in [0, 0.05) is 18.4 Å². The Balaban J connectivity index is 2.33. The van der Waals surface area contributed by atoms with Crippen molar-refractivity contribution in [1.82, 2.24) is 4.98 Å². The van der Waals surface area contributed by atoms with E-state index < -0.39 is 26.6 Å². The zero-order chi connectivity index (χ0) is 14.9. The molecule has 2 rings (SSSR count). The molecule has 0 aliphatic rings. The highest BCUT2D eigenvalue weighted by molar-refractivity contribution is 7.93. The van der Waals surface area contributed by atoms with Crippen LogP contribution in [0.2, 0.25) is 0 Å². The highest BCUT2D eigenvalue weighted by atomic mass is 32.2. The minimum absolute atomic E-state index is 0.0704. The quantitative estimate of drug-likeness (QED) is 0.878. The SMILES string of the molecule is CC(=O)c1csc(NS(=O)(=O)c2ccc(F)cc2F)n1. The van der Waals surface area contributed by atoms with Gasteiger partial charge in [0.1, 0.15) is 22.2 Å². The van der Waals surface area contributed by atoms with Gasteiger partial charge in [-0.05, 0) is 12.1 Å². The van der Waals surface area contributed by atoms with Crippen LogP contribution in [0.5, 0.6) is 0 Å². The van der Waals surface area contributed by atoms with Gasteiger partial charge in [0.15, 0.2) is 10.9 Å². The summed E-state index contributed by atoms with van der Waals surface area (Å²) < 4.78 is 52.1.